The zero-order valence-corrected chi connectivity index (χ0v) is 16.3. The number of aromatic nitrogens is 2. The van der Waals surface area contributed by atoms with Gasteiger partial charge in [-0.15, -0.1) is 0 Å². The Hall–Kier alpha value is -1.75. The van der Waals surface area contributed by atoms with E-state index in [9.17, 15) is 8.42 Å². The van der Waals surface area contributed by atoms with Crippen LogP contribution in [-0.4, -0.2) is 38.1 Å². The molecule has 4 N–H and O–H groups in total. The van der Waals surface area contributed by atoms with Gasteiger partial charge in [-0.1, -0.05) is 6.92 Å². The minimum atomic E-state index is -3.71. The number of hydrogen-bond acceptors (Lipinski definition) is 7. The molecule has 8 nitrogen and oxygen atoms in total. The molecule has 0 aliphatic rings. The summed E-state index contributed by atoms with van der Waals surface area (Å²) < 4.78 is 28.5. The molecule has 0 aliphatic heterocycles. The largest absolute Gasteiger partial charge is 0.383 e. The number of sulfonamides is 1. The lowest BCUT2D eigenvalue weighted by molar-refractivity contribution is 0.184. The Labute approximate surface area is 155 Å². The van der Waals surface area contributed by atoms with Gasteiger partial charge in [0.15, 0.2) is 0 Å². The van der Waals surface area contributed by atoms with Gasteiger partial charge in [0.05, 0.1) is 22.0 Å². The fraction of sp³-hybridized carbons (Fsp3) is 0.333. The first-order valence-electron chi connectivity index (χ1n) is 7.51. The monoisotopic (exact) mass is 429 g/mol. The van der Waals surface area contributed by atoms with Gasteiger partial charge in [0.1, 0.15) is 5.82 Å². The second kappa shape index (κ2) is 8.56. The van der Waals surface area contributed by atoms with E-state index in [1.54, 1.807) is 25.4 Å². The summed E-state index contributed by atoms with van der Waals surface area (Å²) in [6.45, 7) is 2.61. The van der Waals surface area contributed by atoms with Crippen LogP contribution in [-0.2, 0) is 14.8 Å². The zero-order valence-electron chi connectivity index (χ0n) is 13.9. The van der Waals surface area contributed by atoms with E-state index in [1.807, 2.05) is 0 Å². The molecule has 0 amide bonds. The number of hydrogen-bond donors (Lipinski definition) is 3. The molecule has 0 saturated carbocycles. The number of ether oxygens (including phenoxy) is 1. The molecule has 0 spiro atoms. The molecule has 2 aromatic rings. The van der Waals surface area contributed by atoms with Crippen LogP contribution < -0.4 is 15.8 Å². The minimum absolute atomic E-state index is 0.0440. The molecular weight excluding hydrogens is 410 g/mol. The van der Waals surface area contributed by atoms with E-state index >= 15 is 0 Å². The molecule has 0 fully saturated rings. The number of primary sulfonamides is 1. The van der Waals surface area contributed by atoms with Crippen LogP contribution in [0.25, 0.3) is 0 Å². The third kappa shape index (κ3) is 5.63. The van der Waals surface area contributed by atoms with Crippen molar-refractivity contribution < 1.29 is 13.2 Å². The summed E-state index contributed by atoms with van der Waals surface area (Å²) in [5.41, 5.74) is 0.643. The van der Waals surface area contributed by atoms with Crippen molar-refractivity contribution in [2.45, 2.75) is 24.3 Å². The lowest BCUT2D eigenvalue weighted by atomic mass is 10.2. The van der Waals surface area contributed by atoms with E-state index < -0.39 is 10.0 Å². The molecule has 25 heavy (non-hydrogen) atoms. The molecule has 0 radical (unpaired) electrons. The third-order valence-corrected chi connectivity index (χ3v) is 4.89. The summed E-state index contributed by atoms with van der Waals surface area (Å²) in [5.74, 6) is 1.02. The quantitative estimate of drug-likeness (QED) is 0.589. The Morgan fingerprint density at radius 2 is 2.00 bits per heavy atom. The van der Waals surface area contributed by atoms with Crippen molar-refractivity contribution in [3.8, 4) is 0 Å². The summed E-state index contributed by atoms with van der Waals surface area (Å²) in [6.07, 6.45) is 2.51. The summed E-state index contributed by atoms with van der Waals surface area (Å²) in [5, 5.41) is 11.4. The number of halogens is 1. The van der Waals surface area contributed by atoms with Gasteiger partial charge in [0.25, 0.3) is 0 Å². The number of benzene rings is 1. The second-order valence-corrected chi connectivity index (χ2v) is 7.71. The van der Waals surface area contributed by atoms with E-state index in [0.29, 0.717) is 24.1 Å². The highest BCUT2D eigenvalue weighted by atomic mass is 79.9. The molecule has 1 aromatic heterocycles. The number of rotatable bonds is 8. The number of nitrogens with zero attached hydrogens (tertiary/aromatic N) is 2. The molecule has 0 aliphatic carbocycles. The van der Waals surface area contributed by atoms with Crippen LogP contribution in [0.5, 0.6) is 0 Å². The molecule has 1 aromatic carbocycles. The highest BCUT2D eigenvalue weighted by Crippen LogP contribution is 2.23. The zero-order chi connectivity index (χ0) is 18.4. The van der Waals surface area contributed by atoms with Crippen molar-refractivity contribution in [1.82, 2.24) is 9.97 Å². The lowest BCUT2D eigenvalue weighted by Crippen LogP contribution is -2.24. The summed E-state index contributed by atoms with van der Waals surface area (Å²) >= 11 is 3.42. The predicted octanol–water partition coefficient (Wildman–Crippen LogP) is 2.47. The molecular formula is C15H20BrN5O3S. The maximum atomic E-state index is 11.3. The van der Waals surface area contributed by atoms with Crippen molar-refractivity contribution in [2.24, 2.45) is 5.14 Å². The van der Waals surface area contributed by atoms with Gasteiger partial charge in [-0.05, 0) is 46.6 Å². The van der Waals surface area contributed by atoms with Gasteiger partial charge in [-0.2, -0.15) is 4.98 Å². The first-order chi connectivity index (χ1) is 11.8. The lowest BCUT2D eigenvalue weighted by Gasteiger charge is -2.18. The van der Waals surface area contributed by atoms with E-state index in [2.05, 4.69) is 43.5 Å². The van der Waals surface area contributed by atoms with Crippen molar-refractivity contribution in [1.29, 1.82) is 0 Å². The van der Waals surface area contributed by atoms with Gasteiger partial charge in [0.2, 0.25) is 16.0 Å². The smallest absolute Gasteiger partial charge is 0.238 e. The normalized spacial score (nSPS) is 12.6. The summed E-state index contributed by atoms with van der Waals surface area (Å²) in [6, 6.07) is 6.15. The van der Waals surface area contributed by atoms with Crippen LogP contribution in [0.15, 0.2) is 39.8 Å². The van der Waals surface area contributed by atoms with Crippen molar-refractivity contribution >= 4 is 43.4 Å². The van der Waals surface area contributed by atoms with E-state index in [4.69, 9.17) is 9.88 Å². The Bertz CT molecular complexity index is 814. The number of methoxy groups -OCH3 is 1. The van der Waals surface area contributed by atoms with Gasteiger partial charge < -0.3 is 15.4 Å². The van der Waals surface area contributed by atoms with Gasteiger partial charge in [-0.25, -0.2) is 18.5 Å². The van der Waals surface area contributed by atoms with Crippen LogP contribution in [0, 0.1) is 0 Å². The van der Waals surface area contributed by atoms with Crippen molar-refractivity contribution in [2.75, 3.05) is 24.4 Å². The fourth-order valence-electron chi connectivity index (χ4n) is 2.04. The Balaban J connectivity index is 2.16. The topological polar surface area (TPSA) is 119 Å². The van der Waals surface area contributed by atoms with Crippen LogP contribution in [0.3, 0.4) is 0 Å². The van der Waals surface area contributed by atoms with E-state index in [-0.39, 0.29) is 10.9 Å². The van der Waals surface area contributed by atoms with Gasteiger partial charge >= 0.3 is 0 Å². The molecule has 0 saturated heterocycles. The van der Waals surface area contributed by atoms with Crippen LogP contribution >= 0.6 is 15.9 Å². The molecule has 1 heterocycles. The van der Waals surface area contributed by atoms with Crippen LogP contribution in [0.1, 0.15) is 13.3 Å². The number of nitrogens with two attached hydrogens (primary N) is 1. The Kier molecular flexibility index (Phi) is 6.71. The summed E-state index contributed by atoms with van der Waals surface area (Å²) in [7, 11) is -2.06. The van der Waals surface area contributed by atoms with Crippen LogP contribution in [0.2, 0.25) is 0 Å². The minimum Gasteiger partial charge on any atom is -0.383 e. The second-order valence-electron chi connectivity index (χ2n) is 5.29. The van der Waals surface area contributed by atoms with Gasteiger partial charge in [0, 0.05) is 19.0 Å². The first-order valence-corrected chi connectivity index (χ1v) is 9.85. The molecule has 0 bridgehead atoms. The Morgan fingerprint density at radius 3 is 2.56 bits per heavy atom. The average Bonchev–Trinajstić information content (AvgIpc) is 2.57. The molecule has 2 rings (SSSR count). The van der Waals surface area contributed by atoms with E-state index in [1.165, 1.54) is 12.1 Å². The van der Waals surface area contributed by atoms with Gasteiger partial charge in [-0.3, -0.25) is 0 Å². The third-order valence-electron chi connectivity index (χ3n) is 3.38. The Morgan fingerprint density at radius 1 is 1.32 bits per heavy atom. The van der Waals surface area contributed by atoms with Crippen LogP contribution in [0.4, 0.5) is 17.5 Å². The maximum absolute atomic E-state index is 11.3. The van der Waals surface area contributed by atoms with E-state index in [0.717, 1.165) is 10.9 Å². The molecule has 1 unspecified atom stereocenters. The number of nitrogens with one attached hydrogen (secondary N) is 2. The highest BCUT2D eigenvalue weighted by Gasteiger charge is 2.12. The van der Waals surface area contributed by atoms with Crippen molar-refractivity contribution in [3.63, 3.8) is 0 Å². The number of anilines is 3. The summed E-state index contributed by atoms with van der Waals surface area (Å²) in [4.78, 5) is 8.68. The SMILES string of the molecule is CCC(COC)Nc1nc(Nc2ccc(S(N)(=O)=O)cc2)ncc1Br. The predicted molar refractivity (Wildman–Crippen MR) is 100 cm³/mol. The average molecular weight is 430 g/mol. The highest BCUT2D eigenvalue weighted by molar-refractivity contribution is 9.10. The maximum Gasteiger partial charge on any atom is 0.238 e. The molecule has 10 heteroatoms. The standard InChI is InChI=1S/C15H20BrN5O3S/c1-3-10(9-24-2)19-14-13(16)8-18-15(21-14)20-11-4-6-12(7-5-11)25(17,22)23/h4-8,10H,3,9H2,1-2H3,(H2,17,22,23)(H2,18,19,20,21). The molecule has 1 atom stereocenters. The first kappa shape index (κ1) is 19.6. The fourth-order valence-corrected chi connectivity index (χ4v) is 2.86. The molecule has 136 valence electrons. The van der Waals surface area contributed by atoms with Crippen molar-refractivity contribution in [3.05, 3.63) is 34.9 Å².